The molecule has 0 saturated carbocycles. The third-order valence-electron chi connectivity index (χ3n) is 4.45. The molecule has 7 nitrogen and oxygen atoms in total. The number of Topliss-reactive ketones (excluding diaryl/α,β-unsaturated/α-hetero) is 1. The Morgan fingerprint density at radius 3 is 2.65 bits per heavy atom. The Kier molecular flexibility index (Phi) is 5.16. The normalized spacial score (nSPS) is 11.0. The van der Waals surface area contributed by atoms with Crippen LogP contribution in [0, 0.1) is 13.8 Å². The van der Waals surface area contributed by atoms with Crippen LogP contribution in [0.4, 0.5) is 0 Å². The van der Waals surface area contributed by atoms with Crippen LogP contribution in [-0.4, -0.2) is 37.8 Å². The number of aryl methyl sites for hydroxylation is 2. The van der Waals surface area contributed by atoms with Crippen LogP contribution in [0.1, 0.15) is 35.1 Å². The van der Waals surface area contributed by atoms with E-state index in [0.717, 1.165) is 29.6 Å². The van der Waals surface area contributed by atoms with Gasteiger partial charge in [0.1, 0.15) is 6.54 Å². The van der Waals surface area contributed by atoms with Gasteiger partial charge in [-0.3, -0.25) is 19.0 Å². The van der Waals surface area contributed by atoms with E-state index in [0.29, 0.717) is 17.8 Å². The van der Waals surface area contributed by atoms with Gasteiger partial charge in [-0.25, -0.2) is 0 Å². The third-order valence-corrected chi connectivity index (χ3v) is 4.45. The van der Waals surface area contributed by atoms with Gasteiger partial charge in [0, 0.05) is 24.2 Å². The maximum Gasteiger partial charge on any atom is 0.241 e. The first-order chi connectivity index (χ1) is 12.5. The van der Waals surface area contributed by atoms with Gasteiger partial charge in [0.05, 0.1) is 23.0 Å². The molecule has 0 aliphatic rings. The van der Waals surface area contributed by atoms with E-state index >= 15 is 0 Å². The topological polar surface area (TPSA) is 81.8 Å². The molecule has 0 unspecified atom stereocenters. The lowest BCUT2D eigenvalue weighted by Gasteiger charge is -2.08. The number of hydrogen-bond donors (Lipinski definition) is 1. The van der Waals surface area contributed by atoms with Crippen LogP contribution in [0.25, 0.3) is 10.9 Å². The summed E-state index contributed by atoms with van der Waals surface area (Å²) in [4.78, 5) is 23.8. The summed E-state index contributed by atoms with van der Waals surface area (Å²) in [5.74, 6) is -0.144. The van der Waals surface area contributed by atoms with Crippen LogP contribution in [0.15, 0.2) is 30.5 Å². The van der Waals surface area contributed by atoms with Crippen molar-refractivity contribution in [2.45, 2.75) is 40.3 Å². The lowest BCUT2D eigenvalue weighted by molar-refractivity contribution is -0.121. The largest absolute Gasteiger partial charge is 0.354 e. The number of benzene rings is 1. The highest BCUT2D eigenvalue weighted by molar-refractivity contribution is 5.96. The average Bonchev–Trinajstić information content (AvgIpc) is 3.13. The molecule has 2 aromatic heterocycles. The van der Waals surface area contributed by atoms with E-state index in [1.165, 1.54) is 6.92 Å². The number of nitrogens with one attached hydrogen (secondary N) is 1. The van der Waals surface area contributed by atoms with Gasteiger partial charge in [-0.15, -0.1) is 0 Å². The second-order valence-electron chi connectivity index (χ2n) is 6.39. The Morgan fingerprint density at radius 1 is 1.15 bits per heavy atom. The van der Waals surface area contributed by atoms with E-state index in [1.54, 1.807) is 11.6 Å². The van der Waals surface area contributed by atoms with Crippen molar-refractivity contribution in [3.05, 3.63) is 47.4 Å². The molecule has 3 rings (SSSR count). The minimum Gasteiger partial charge on any atom is -0.354 e. The van der Waals surface area contributed by atoms with Gasteiger partial charge in [-0.05, 0) is 33.3 Å². The van der Waals surface area contributed by atoms with Crippen molar-refractivity contribution in [2.75, 3.05) is 6.54 Å². The zero-order valence-corrected chi connectivity index (χ0v) is 15.3. The van der Waals surface area contributed by atoms with Crippen molar-refractivity contribution in [3.8, 4) is 0 Å². The van der Waals surface area contributed by atoms with Crippen molar-refractivity contribution in [1.82, 2.24) is 24.9 Å². The maximum atomic E-state index is 12.1. The van der Waals surface area contributed by atoms with Crippen molar-refractivity contribution in [2.24, 2.45) is 0 Å². The van der Waals surface area contributed by atoms with E-state index in [-0.39, 0.29) is 18.2 Å². The number of ketones is 1. The fourth-order valence-electron chi connectivity index (χ4n) is 3.21. The van der Waals surface area contributed by atoms with Gasteiger partial charge in [0.25, 0.3) is 0 Å². The Bertz CT molecular complexity index is 954. The number of rotatable bonds is 7. The second-order valence-corrected chi connectivity index (χ2v) is 6.39. The molecule has 7 heteroatoms. The quantitative estimate of drug-likeness (QED) is 0.522. The summed E-state index contributed by atoms with van der Waals surface area (Å²) in [7, 11) is 0. The summed E-state index contributed by atoms with van der Waals surface area (Å²) in [6.07, 6.45) is 2.64. The number of fused-ring (bicyclic) bond motifs is 1. The maximum absolute atomic E-state index is 12.1. The summed E-state index contributed by atoms with van der Waals surface area (Å²) in [6, 6.07) is 8.05. The summed E-state index contributed by atoms with van der Waals surface area (Å²) in [5.41, 5.74) is 3.09. The van der Waals surface area contributed by atoms with Gasteiger partial charge < -0.3 is 5.32 Å². The Hall–Kier alpha value is -2.96. The van der Waals surface area contributed by atoms with Gasteiger partial charge >= 0.3 is 0 Å². The minimum absolute atomic E-state index is 0.0295. The Morgan fingerprint density at radius 2 is 1.92 bits per heavy atom. The van der Waals surface area contributed by atoms with Crippen molar-refractivity contribution in [3.63, 3.8) is 0 Å². The highest BCUT2D eigenvalue weighted by atomic mass is 16.2. The summed E-state index contributed by atoms with van der Waals surface area (Å²) in [6.45, 7) is 6.53. The molecule has 0 atom stereocenters. The molecule has 0 spiro atoms. The van der Waals surface area contributed by atoms with Crippen LogP contribution in [0.5, 0.6) is 0 Å². The monoisotopic (exact) mass is 353 g/mol. The number of hydrogen-bond acceptors (Lipinski definition) is 4. The SMILES string of the molecule is CC(=O)c1c(C)nn(CC(=O)NCCCn2ncc3ccccc32)c1C. The predicted molar refractivity (Wildman–Crippen MR) is 99.1 cm³/mol. The second kappa shape index (κ2) is 7.51. The first-order valence-corrected chi connectivity index (χ1v) is 8.69. The summed E-state index contributed by atoms with van der Waals surface area (Å²) >= 11 is 0. The molecule has 136 valence electrons. The van der Waals surface area contributed by atoms with Crippen LogP contribution < -0.4 is 5.32 Å². The molecule has 0 saturated heterocycles. The Balaban J connectivity index is 1.50. The third kappa shape index (κ3) is 3.66. The highest BCUT2D eigenvalue weighted by Gasteiger charge is 2.16. The molecule has 2 heterocycles. The Labute approximate surface area is 152 Å². The van der Waals surface area contributed by atoms with Crippen molar-refractivity contribution in [1.29, 1.82) is 0 Å². The van der Waals surface area contributed by atoms with Crippen LogP contribution in [0.2, 0.25) is 0 Å². The van der Waals surface area contributed by atoms with E-state index < -0.39 is 0 Å². The first kappa shape index (κ1) is 17.8. The molecular weight excluding hydrogens is 330 g/mol. The molecule has 0 bridgehead atoms. The molecule has 0 fully saturated rings. The van der Waals surface area contributed by atoms with Gasteiger partial charge in [-0.1, -0.05) is 18.2 Å². The number of amides is 1. The van der Waals surface area contributed by atoms with Crippen molar-refractivity contribution < 1.29 is 9.59 Å². The minimum atomic E-state index is -0.115. The number of carbonyl (C=O) groups excluding carboxylic acids is 2. The molecule has 26 heavy (non-hydrogen) atoms. The average molecular weight is 353 g/mol. The zero-order chi connectivity index (χ0) is 18.7. The summed E-state index contributed by atoms with van der Waals surface area (Å²) in [5, 5.41) is 12.7. The molecular formula is C19H23N5O2. The number of aromatic nitrogens is 4. The number of nitrogens with zero attached hydrogens (tertiary/aromatic N) is 4. The lowest BCUT2D eigenvalue weighted by Crippen LogP contribution is -2.29. The fraction of sp³-hybridized carbons (Fsp3) is 0.368. The number of carbonyl (C=O) groups is 2. The van der Waals surface area contributed by atoms with E-state index in [9.17, 15) is 9.59 Å². The van der Waals surface area contributed by atoms with E-state index in [1.807, 2.05) is 42.1 Å². The van der Waals surface area contributed by atoms with Gasteiger partial charge in [-0.2, -0.15) is 10.2 Å². The van der Waals surface area contributed by atoms with Gasteiger partial charge in [0.2, 0.25) is 5.91 Å². The highest BCUT2D eigenvalue weighted by Crippen LogP contribution is 2.14. The number of para-hydroxylation sites is 1. The van der Waals surface area contributed by atoms with E-state index in [4.69, 9.17) is 0 Å². The fourth-order valence-corrected chi connectivity index (χ4v) is 3.21. The van der Waals surface area contributed by atoms with E-state index in [2.05, 4.69) is 15.5 Å². The van der Waals surface area contributed by atoms with Crippen molar-refractivity contribution >= 4 is 22.6 Å². The molecule has 0 aliphatic carbocycles. The van der Waals surface area contributed by atoms with Gasteiger partial charge in [0.15, 0.2) is 5.78 Å². The first-order valence-electron chi connectivity index (χ1n) is 8.69. The molecule has 0 aliphatic heterocycles. The molecule has 1 amide bonds. The lowest BCUT2D eigenvalue weighted by atomic mass is 10.1. The summed E-state index contributed by atoms with van der Waals surface area (Å²) < 4.78 is 3.53. The molecule has 1 N–H and O–H groups in total. The van der Waals surface area contributed by atoms with Crippen LogP contribution in [-0.2, 0) is 17.9 Å². The van der Waals surface area contributed by atoms with Crippen LogP contribution >= 0.6 is 0 Å². The molecule has 1 aromatic carbocycles. The smallest absolute Gasteiger partial charge is 0.241 e. The zero-order valence-electron chi connectivity index (χ0n) is 15.3. The molecule has 3 aromatic rings. The molecule has 0 radical (unpaired) electrons. The standard InChI is InChI=1S/C19H23N5O2/c1-13-19(15(3)25)14(2)24(22-13)12-18(26)20-9-6-10-23-17-8-5-4-7-16(17)11-21-23/h4-5,7-8,11H,6,9-10,12H2,1-3H3,(H,20,26). The predicted octanol–water partition coefficient (Wildman–Crippen LogP) is 2.26. The van der Waals surface area contributed by atoms with Crippen LogP contribution in [0.3, 0.4) is 0 Å².